The molecule has 3 nitrogen and oxygen atoms in total. The summed E-state index contributed by atoms with van der Waals surface area (Å²) in [5.74, 6) is 2.64. The van der Waals surface area contributed by atoms with Crippen LogP contribution in [0.15, 0.2) is 0 Å². The van der Waals surface area contributed by atoms with Gasteiger partial charge in [-0.15, -0.1) is 0 Å². The molecule has 0 aliphatic carbocycles. The smallest absolute Gasteiger partial charge is 0.222 e. The summed E-state index contributed by atoms with van der Waals surface area (Å²) in [5.41, 5.74) is 0. The number of piperidine rings is 1. The van der Waals surface area contributed by atoms with Crippen LogP contribution in [0.2, 0.25) is 0 Å². The fourth-order valence-corrected chi connectivity index (χ4v) is 3.47. The van der Waals surface area contributed by atoms with Gasteiger partial charge < -0.3 is 10.2 Å². The first kappa shape index (κ1) is 14.8. The summed E-state index contributed by atoms with van der Waals surface area (Å²) in [6, 6.07) is 0. The second-order valence-corrected chi connectivity index (χ2v) is 6.71. The highest BCUT2D eigenvalue weighted by Gasteiger charge is 2.24. The van der Waals surface area contributed by atoms with Crippen molar-refractivity contribution >= 4 is 5.91 Å². The van der Waals surface area contributed by atoms with Crippen molar-refractivity contribution in [3.8, 4) is 0 Å². The van der Waals surface area contributed by atoms with Crippen molar-refractivity contribution in [3.05, 3.63) is 0 Å². The van der Waals surface area contributed by atoms with Crippen LogP contribution >= 0.6 is 0 Å². The summed E-state index contributed by atoms with van der Waals surface area (Å²) in [4.78, 5) is 14.3. The molecule has 0 aromatic carbocycles. The average molecular weight is 266 g/mol. The fraction of sp³-hybridized carbons (Fsp3) is 0.938. The van der Waals surface area contributed by atoms with E-state index in [0.29, 0.717) is 5.91 Å². The number of likely N-dealkylation sites (tertiary alicyclic amines) is 1. The Balaban J connectivity index is 1.77. The van der Waals surface area contributed by atoms with Gasteiger partial charge in [0.05, 0.1) is 0 Å². The third-order valence-electron chi connectivity index (χ3n) is 5.00. The minimum atomic E-state index is 0.395. The lowest BCUT2D eigenvalue weighted by molar-refractivity contribution is -0.130. The highest BCUT2D eigenvalue weighted by Crippen LogP contribution is 2.25. The maximum Gasteiger partial charge on any atom is 0.222 e. The molecule has 2 unspecified atom stereocenters. The summed E-state index contributed by atoms with van der Waals surface area (Å²) in [6.07, 6.45) is 6.89. The summed E-state index contributed by atoms with van der Waals surface area (Å²) >= 11 is 0. The molecule has 0 radical (unpaired) electrons. The minimum Gasteiger partial charge on any atom is -0.343 e. The Morgan fingerprint density at radius 2 is 2.16 bits per heavy atom. The zero-order chi connectivity index (χ0) is 13.7. The Kier molecular flexibility index (Phi) is 5.68. The molecule has 2 heterocycles. The van der Waals surface area contributed by atoms with Crippen LogP contribution in [0.25, 0.3) is 0 Å². The maximum atomic E-state index is 12.2. The van der Waals surface area contributed by atoms with E-state index in [0.717, 1.165) is 50.2 Å². The van der Waals surface area contributed by atoms with Gasteiger partial charge in [0.1, 0.15) is 0 Å². The van der Waals surface area contributed by atoms with E-state index in [-0.39, 0.29) is 0 Å². The van der Waals surface area contributed by atoms with Crippen LogP contribution in [0.5, 0.6) is 0 Å². The first-order valence-corrected chi connectivity index (χ1v) is 8.15. The lowest BCUT2D eigenvalue weighted by Gasteiger charge is -2.27. The number of nitrogens with zero attached hydrogens (tertiary/aromatic N) is 1. The summed E-state index contributed by atoms with van der Waals surface area (Å²) in [5, 5.41) is 3.46. The Morgan fingerprint density at radius 1 is 1.32 bits per heavy atom. The molecule has 2 saturated heterocycles. The molecule has 2 aliphatic rings. The van der Waals surface area contributed by atoms with Crippen molar-refractivity contribution in [3.63, 3.8) is 0 Å². The first-order valence-electron chi connectivity index (χ1n) is 8.15. The molecule has 19 heavy (non-hydrogen) atoms. The zero-order valence-corrected chi connectivity index (χ0v) is 12.7. The third kappa shape index (κ3) is 4.48. The number of hydrogen-bond donors (Lipinski definition) is 1. The van der Waals surface area contributed by atoms with E-state index < -0.39 is 0 Å². The number of hydrogen-bond acceptors (Lipinski definition) is 2. The van der Waals surface area contributed by atoms with Crippen LogP contribution in [-0.4, -0.2) is 37.0 Å². The van der Waals surface area contributed by atoms with Crippen molar-refractivity contribution in [2.24, 2.45) is 17.8 Å². The van der Waals surface area contributed by atoms with Gasteiger partial charge in [-0.1, -0.05) is 13.8 Å². The summed E-state index contributed by atoms with van der Waals surface area (Å²) in [7, 11) is 0. The van der Waals surface area contributed by atoms with Crippen LogP contribution in [0.1, 0.15) is 52.4 Å². The molecule has 0 bridgehead atoms. The molecular weight excluding hydrogens is 236 g/mol. The molecule has 0 saturated carbocycles. The predicted octanol–water partition coefficient (Wildman–Crippen LogP) is 2.66. The molecule has 0 spiro atoms. The van der Waals surface area contributed by atoms with Crippen LogP contribution in [0.3, 0.4) is 0 Å². The standard InChI is InChI=1S/C16H30N2O/c1-13(2)15-5-6-16(19)18(11-8-15)10-7-14-4-3-9-17-12-14/h13-15,17H,3-12H2,1-2H3. The van der Waals surface area contributed by atoms with Gasteiger partial charge in [-0.3, -0.25) is 4.79 Å². The number of carbonyl (C=O) groups excluding carboxylic acids is 1. The minimum absolute atomic E-state index is 0.395. The van der Waals surface area contributed by atoms with Crippen molar-refractivity contribution in [2.45, 2.75) is 52.4 Å². The average Bonchev–Trinajstić information content (AvgIpc) is 2.60. The Labute approximate surface area is 118 Å². The van der Waals surface area contributed by atoms with Gasteiger partial charge >= 0.3 is 0 Å². The fourth-order valence-electron chi connectivity index (χ4n) is 3.47. The number of amides is 1. The van der Waals surface area contributed by atoms with Gasteiger partial charge in [-0.05, 0) is 62.9 Å². The second kappa shape index (κ2) is 7.28. The third-order valence-corrected chi connectivity index (χ3v) is 5.00. The van der Waals surface area contributed by atoms with Crippen molar-refractivity contribution in [1.82, 2.24) is 10.2 Å². The Morgan fingerprint density at radius 3 is 2.84 bits per heavy atom. The molecule has 2 rings (SSSR count). The van der Waals surface area contributed by atoms with Crippen molar-refractivity contribution < 1.29 is 4.79 Å². The van der Waals surface area contributed by atoms with Crippen LogP contribution in [0, 0.1) is 17.8 Å². The van der Waals surface area contributed by atoms with Gasteiger partial charge in [0, 0.05) is 19.5 Å². The largest absolute Gasteiger partial charge is 0.343 e. The molecular formula is C16H30N2O. The zero-order valence-electron chi connectivity index (χ0n) is 12.7. The molecule has 1 amide bonds. The maximum absolute atomic E-state index is 12.2. The van der Waals surface area contributed by atoms with E-state index in [1.54, 1.807) is 0 Å². The Bertz CT molecular complexity index is 284. The SMILES string of the molecule is CC(C)C1CCC(=O)N(CCC2CCCNC2)CC1. The van der Waals surface area contributed by atoms with E-state index in [4.69, 9.17) is 0 Å². The summed E-state index contributed by atoms with van der Waals surface area (Å²) < 4.78 is 0. The lowest BCUT2D eigenvalue weighted by Crippen LogP contribution is -2.35. The van der Waals surface area contributed by atoms with Crippen LogP contribution in [0.4, 0.5) is 0 Å². The van der Waals surface area contributed by atoms with Crippen molar-refractivity contribution in [2.75, 3.05) is 26.2 Å². The topological polar surface area (TPSA) is 32.3 Å². The Hall–Kier alpha value is -0.570. The highest BCUT2D eigenvalue weighted by atomic mass is 16.2. The van der Waals surface area contributed by atoms with E-state index in [1.165, 1.54) is 32.2 Å². The van der Waals surface area contributed by atoms with E-state index in [9.17, 15) is 4.79 Å². The molecule has 0 aromatic heterocycles. The van der Waals surface area contributed by atoms with E-state index in [2.05, 4.69) is 24.1 Å². The van der Waals surface area contributed by atoms with Gasteiger partial charge in [-0.25, -0.2) is 0 Å². The quantitative estimate of drug-likeness (QED) is 0.848. The molecule has 0 aromatic rings. The molecule has 2 atom stereocenters. The number of rotatable bonds is 4. The lowest BCUT2D eigenvalue weighted by atomic mass is 9.89. The van der Waals surface area contributed by atoms with Crippen LogP contribution in [-0.2, 0) is 4.79 Å². The highest BCUT2D eigenvalue weighted by molar-refractivity contribution is 5.76. The second-order valence-electron chi connectivity index (χ2n) is 6.71. The van der Waals surface area contributed by atoms with Gasteiger partial charge in [0.15, 0.2) is 0 Å². The van der Waals surface area contributed by atoms with Crippen molar-refractivity contribution in [1.29, 1.82) is 0 Å². The molecule has 3 heteroatoms. The van der Waals surface area contributed by atoms with E-state index in [1.807, 2.05) is 0 Å². The number of nitrogens with one attached hydrogen (secondary N) is 1. The number of carbonyl (C=O) groups is 1. The van der Waals surface area contributed by atoms with E-state index >= 15 is 0 Å². The predicted molar refractivity (Wildman–Crippen MR) is 79.0 cm³/mol. The summed E-state index contributed by atoms with van der Waals surface area (Å²) in [6.45, 7) is 8.88. The molecule has 110 valence electrons. The molecule has 2 aliphatic heterocycles. The molecule has 1 N–H and O–H groups in total. The van der Waals surface area contributed by atoms with Crippen LogP contribution < -0.4 is 5.32 Å². The first-order chi connectivity index (χ1) is 9.16. The normalized spacial score (nSPS) is 29.6. The van der Waals surface area contributed by atoms with Gasteiger partial charge in [-0.2, -0.15) is 0 Å². The van der Waals surface area contributed by atoms with Gasteiger partial charge in [0.2, 0.25) is 5.91 Å². The van der Waals surface area contributed by atoms with Gasteiger partial charge in [0.25, 0.3) is 0 Å². The monoisotopic (exact) mass is 266 g/mol. The molecule has 2 fully saturated rings.